The van der Waals surface area contributed by atoms with Gasteiger partial charge in [0, 0.05) is 31.9 Å². The summed E-state index contributed by atoms with van der Waals surface area (Å²) in [4.78, 5) is 2.50. The fourth-order valence-electron chi connectivity index (χ4n) is 2.56. The molecule has 2 heteroatoms. The van der Waals surface area contributed by atoms with Crippen LogP contribution in [0, 0.1) is 20.8 Å². The summed E-state index contributed by atoms with van der Waals surface area (Å²) in [5.74, 6) is 0. The molecular weight excluding hydrogens is 256 g/mol. The normalized spacial score (nSPS) is 12.9. The van der Waals surface area contributed by atoms with Crippen molar-refractivity contribution in [3.8, 4) is 0 Å². The van der Waals surface area contributed by atoms with Crippen molar-refractivity contribution in [1.82, 2.24) is 5.32 Å². The molecule has 0 unspecified atom stereocenters. The van der Waals surface area contributed by atoms with Crippen LogP contribution < -0.4 is 10.2 Å². The van der Waals surface area contributed by atoms with Gasteiger partial charge in [-0.1, -0.05) is 59.2 Å². The van der Waals surface area contributed by atoms with Crippen LogP contribution in [0.15, 0.2) is 12.1 Å². The lowest BCUT2D eigenvalue weighted by molar-refractivity contribution is 0.587. The number of anilines is 1. The van der Waals surface area contributed by atoms with E-state index in [1.54, 1.807) is 0 Å². The second kappa shape index (κ2) is 13.9. The monoisotopic (exact) mass is 294 g/mol. The Kier molecular flexibility index (Phi) is 14.8. The summed E-state index contributed by atoms with van der Waals surface area (Å²) in [6, 6.07) is 4.56. The van der Waals surface area contributed by atoms with Gasteiger partial charge in [0.25, 0.3) is 0 Å². The van der Waals surface area contributed by atoms with Gasteiger partial charge in [0.15, 0.2) is 0 Å². The summed E-state index contributed by atoms with van der Waals surface area (Å²) < 4.78 is 0. The third-order valence-electron chi connectivity index (χ3n) is 3.07. The highest BCUT2D eigenvalue weighted by Gasteiger charge is 2.14. The predicted molar refractivity (Wildman–Crippen MR) is 99.8 cm³/mol. The maximum atomic E-state index is 3.39. The van der Waals surface area contributed by atoms with Crippen LogP contribution in [0.5, 0.6) is 0 Å². The summed E-state index contributed by atoms with van der Waals surface area (Å²) in [5, 5.41) is 3.39. The van der Waals surface area contributed by atoms with Crippen LogP contribution in [0.25, 0.3) is 0 Å². The highest BCUT2D eigenvalue weighted by atomic mass is 15.2. The van der Waals surface area contributed by atoms with Crippen LogP contribution in [0.1, 0.15) is 58.2 Å². The Hall–Kier alpha value is -1.02. The SMILES string of the molecule is CC.CC.CC.Cc1cc(C)c(N2CCNCC2)c(C)c1. The molecule has 1 aromatic rings. The van der Waals surface area contributed by atoms with Crippen LogP contribution in [0.2, 0.25) is 0 Å². The Morgan fingerprint density at radius 2 is 1.14 bits per heavy atom. The van der Waals surface area contributed by atoms with E-state index in [0.717, 1.165) is 26.2 Å². The van der Waals surface area contributed by atoms with Gasteiger partial charge in [-0.25, -0.2) is 0 Å². The van der Waals surface area contributed by atoms with Crippen molar-refractivity contribution in [3.05, 3.63) is 28.8 Å². The molecule has 0 aromatic heterocycles. The highest BCUT2D eigenvalue weighted by Crippen LogP contribution is 2.26. The number of hydrogen-bond donors (Lipinski definition) is 1. The highest BCUT2D eigenvalue weighted by molar-refractivity contribution is 5.60. The zero-order chi connectivity index (χ0) is 16.8. The van der Waals surface area contributed by atoms with Gasteiger partial charge in [0.2, 0.25) is 0 Å². The van der Waals surface area contributed by atoms with E-state index in [1.807, 2.05) is 41.5 Å². The number of aryl methyl sites for hydroxylation is 3. The molecule has 0 amide bonds. The summed E-state index contributed by atoms with van der Waals surface area (Å²) in [5.41, 5.74) is 5.63. The molecular formula is C19H38N2. The molecule has 1 aliphatic heterocycles. The third-order valence-corrected chi connectivity index (χ3v) is 3.07. The minimum absolute atomic E-state index is 1.10. The lowest BCUT2D eigenvalue weighted by Gasteiger charge is -2.32. The number of hydrogen-bond acceptors (Lipinski definition) is 2. The zero-order valence-electron chi connectivity index (χ0n) is 15.9. The van der Waals surface area contributed by atoms with Crippen molar-refractivity contribution in [2.45, 2.75) is 62.3 Å². The van der Waals surface area contributed by atoms with E-state index in [-0.39, 0.29) is 0 Å². The average Bonchev–Trinajstić information content (AvgIpc) is 2.53. The first-order valence-corrected chi connectivity index (χ1v) is 8.72. The predicted octanol–water partition coefficient (Wildman–Crippen LogP) is 5.10. The molecule has 0 spiro atoms. The van der Waals surface area contributed by atoms with Gasteiger partial charge in [-0.2, -0.15) is 0 Å². The Morgan fingerprint density at radius 3 is 1.52 bits per heavy atom. The maximum Gasteiger partial charge on any atom is 0.0426 e. The summed E-state index contributed by atoms with van der Waals surface area (Å²) in [6.07, 6.45) is 0. The Bertz CT molecular complexity index is 330. The second-order valence-electron chi connectivity index (χ2n) is 4.48. The Morgan fingerprint density at radius 1 is 0.762 bits per heavy atom. The molecule has 0 radical (unpaired) electrons. The second-order valence-corrected chi connectivity index (χ2v) is 4.48. The number of nitrogens with one attached hydrogen (secondary N) is 1. The molecule has 0 atom stereocenters. The van der Waals surface area contributed by atoms with Gasteiger partial charge in [-0.3, -0.25) is 0 Å². The maximum absolute atomic E-state index is 3.39. The number of benzene rings is 1. The Labute approximate surface area is 133 Å². The van der Waals surface area contributed by atoms with E-state index in [4.69, 9.17) is 0 Å². The van der Waals surface area contributed by atoms with Crippen LogP contribution in [-0.4, -0.2) is 26.2 Å². The smallest absolute Gasteiger partial charge is 0.0426 e. The van der Waals surface area contributed by atoms with Crippen molar-refractivity contribution >= 4 is 5.69 Å². The minimum Gasteiger partial charge on any atom is -0.369 e. The average molecular weight is 295 g/mol. The standard InChI is InChI=1S/C13H20N2.3C2H6/c1-10-8-11(2)13(12(3)9-10)15-6-4-14-5-7-15;3*1-2/h8-9,14H,4-7H2,1-3H3;3*1-2H3. The lowest BCUT2D eigenvalue weighted by Crippen LogP contribution is -2.44. The van der Waals surface area contributed by atoms with Crippen molar-refractivity contribution in [2.24, 2.45) is 0 Å². The van der Waals surface area contributed by atoms with E-state index >= 15 is 0 Å². The molecule has 2 nitrogen and oxygen atoms in total. The first kappa shape index (κ1) is 22.3. The first-order chi connectivity index (χ1) is 10.2. The van der Waals surface area contributed by atoms with Gasteiger partial charge in [-0.05, 0) is 31.9 Å². The fourth-order valence-corrected chi connectivity index (χ4v) is 2.56. The van der Waals surface area contributed by atoms with Gasteiger partial charge in [0.1, 0.15) is 0 Å². The molecule has 124 valence electrons. The molecule has 0 aliphatic carbocycles. The van der Waals surface area contributed by atoms with E-state index in [2.05, 4.69) is 43.1 Å². The van der Waals surface area contributed by atoms with Crippen molar-refractivity contribution in [1.29, 1.82) is 0 Å². The fraction of sp³-hybridized carbons (Fsp3) is 0.684. The molecule has 2 rings (SSSR count). The van der Waals surface area contributed by atoms with Crippen LogP contribution >= 0.6 is 0 Å². The van der Waals surface area contributed by atoms with Crippen molar-refractivity contribution < 1.29 is 0 Å². The van der Waals surface area contributed by atoms with Gasteiger partial charge in [0.05, 0.1) is 0 Å². The Balaban J connectivity index is 0. The summed E-state index contributed by atoms with van der Waals surface area (Å²) >= 11 is 0. The third kappa shape index (κ3) is 7.52. The molecule has 1 N–H and O–H groups in total. The van der Waals surface area contributed by atoms with Gasteiger partial charge >= 0.3 is 0 Å². The van der Waals surface area contributed by atoms with E-state index in [0.29, 0.717) is 0 Å². The van der Waals surface area contributed by atoms with E-state index < -0.39 is 0 Å². The van der Waals surface area contributed by atoms with Crippen LogP contribution in [0.3, 0.4) is 0 Å². The minimum atomic E-state index is 1.10. The van der Waals surface area contributed by atoms with Crippen LogP contribution in [-0.2, 0) is 0 Å². The van der Waals surface area contributed by atoms with Crippen molar-refractivity contribution in [2.75, 3.05) is 31.1 Å². The zero-order valence-corrected chi connectivity index (χ0v) is 15.9. The molecule has 1 aromatic carbocycles. The summed E-state index contributed by atoms with van der Waals surface area (Å²) in [7, 11) is 0. The summed E-state index contributed by atoms with van der Waals surface area (Å²) in [6.45, 7) is 23.1. The molecule has 0 bridgehead atoms. The topological polar surface area (TPSA) is 15.3 Å². The molecule has 21 heavy (non-hydrogen) atoms. The van der Waals surface area contributed by atoms with E-state index in [1.165, 1.54) is 22.4 Å². The molecule has 1 aliphatic rings. The number of rotatable bonds is 1. The largest absolute Gasteiger partial charge is 0.369 e. The number of piperazine rings is 1. The van der Waals surface area contributed by atoms with E-state index in [9.17, 15) is 0 Å². The van der Waals surface area contributed by atoms with Crippen molar-refractivity contribution in [3.63, 3.8) is 0 Å². The van der Waals surface area contributed by atoms with Gasteiger partial charge in [-0.15, -0.1) is 0 Å². The number of nitrogens with zero attached hydrogens (tertiary/aromatic N) is 1. The lowest BCUT2D eigenvalue weighted by atomic mass is 10.0. The quantitative estimate of drug-likeness (QED) is 0.775. The van der Waals surface area contributed by atoms with Crippen LogP contribution in [0.4, 0.5) is 5.69 Å². The molecule has 0 saturated carbocycles. The molecule has 1 fully saturated rings. The first-order valence-electron chi connectivity index (χ1n) is 8.72. The molecule has 1 heterocycles. The molecule has 1 saturated heterocycles. The van der Waals surface area contributed by atoms with Gasteiger partial charge < -0.3 is 10.2 Å².